The zero-order valence-corrected chi connectivity index (χ0v) is 12.7. The monoisotopic (exact) mass is 271 g/mol. The van der Waals surface area contributed by atoms with Gasteiger partial charge in [0, 0.05) is 26.1 Å². The van der Waals surface area contributed by atoms with E-state index < -0.39 is 0 Å². The summed E-state index contributed by atoms with van der Waals surface area (Å²) in [4.78, 5) is 13.9. The maximum absolute atomic E-state index is 11.5. The molecule has 0 amide bonds. The molecule has 0 bridgehead atoms. The minimum absolute atomic E-state index is 0.0441. The van der Waals surface area contributed by atoms with Crippen molar-refractivity contribution < 1.29 is 14.3 Å². The summed E-state index contributed by atoms with van der Waals surface area (Å²) in [5.74, 6) is 0.577. The van der Waals surface area contributed by atoms with Crippen LogP contribution in [0.1, 0.15) is 46.5 Å². The third-order valence-electron chi connectivity index (χ3n) is 3.26. The zero-order chi connectivity index (χ0) is 14.1. The van der Waals surface area contributed by atoms with Crippen LogP contribution in [0.5, 0.6) is 0 Å². The molecule has 1 saturated heterocycles. The van der Waals surface area contributed by atoms with Gasteiger partial charge in [0.05, 0.1) is 6.61 Å². The van der Waals surface area contributed by atoms with Crippen LogP contribution >= 0.6 is 0 Å². The molecule has 0 saturated carbocycles. The summed E-state index contributed by atoms with van der Waals surface area (Å²) in [6.07, 6.45) is 3.74. The molecule has 1 atom stereocenters. The molecule has 0 aromatic rings. The van der Waals surface area contributed by atoms with Crippen LogP contribution in [0.25, 0.3) is 0 Å². The molecule has 0 radical (unpaired) electrons. The highest BCUT2D eigenvalue weighted by Gasteiger charge is 2.22. The first-order chi connectivity index (χ1) is 9.11. The van der Waals surface area contributed by atoms with Gasteiger partial charge in [-0.1, -0.05) is 33.6 Å². The van der Waals surface area contributed by atoms with Crippen LogP contribution in [0.15, 0.2) is 0 Å². The Morgan fingerprint density at radius 3 is 2.89 bits per heavy atom. The fourth-order valence-electron chi connectivity index (χ4n) is 2.34. The first-order valence-corrected chi connectivity index (χ1v) is 7.61. The van der Waals surface area contributed by atoms with E-state index in [4.69, 9.17) is 9.47 Å². The Bertz CT molecular complexity index is 256. The van der Waals surface area contributed by atoms with Crippen LogP contribution < -0.4 is 0 Å². The lowest BCUT2D eigenvalue weighted by Gasteiger charge is -2.33. The molecule has 1 aliphatic heterocycles. The number of unbranched alkanes of at least 4 members (excludes halogenated alkanes) is 2. The van der Waals surface area contributed by atoms with Gasteiger partial charge >= 0.3 is 5.97 Å². The average Bonchev–Trinajstić information content (AvgIpc) is 2.36. The standard InChI is InChI=1S/C15H29NO3/c1-4-5-6-7-15(17)19-12-14-11-16(8-9-18-14)10-13(2)3/h13-14H,4-12H2,1-3H3. The molecule has 0 aliphatic carbocycles. The molecule has 1 rings (SSSR count). The molecule has 1 heterocycles. The van der Waals surface area contributed by atoms with E-state index in [0.717, 1.165) is 45.5 Å². The summed E-state index contributed by atoms with van der Waals surface area (Å²) >= 11 is 0. The van der Waals surface area contributed by atoms with Crippen molar-refractivity contribution in [3.8, 4) is 0 Å². The molecule has 0 spiro atoms. The highest BCUT2D eigenvalue weighted by Crippen LogP contribution is 2.09. The van der Waals surface area contributed by atoms with Gasteiger partial charge in [-0.3, -0.25) is 9.69 Å². The van der Waals surface area contributed by atoms with E-state index in [1.54, 1.807) is 0 Å². The van der Waals surface area contributed by atoms with E-state index in [2.05, 4.69) is 25.7 Å². The second-order valence-corrected chi connectivity index (χ2v) is 5.79. The van der Waals surface area contributed by atoms with Crippen molar-refractivity contribution in [2.45, 2.75) is 52.6 Å². The minimum atomic E-state index is -0.0852. The zero-order valence-electron chi connectivity index (χ0n) is 12.7. The quantitative estimate of drug-likeness (QED) is 0.502. The number of nitrogens with zero attached hydrogens (tertiary/aromatic N) is 1. The fraction of sp³-hybridized carbons (Fsp3) is 0.933. The third-order valence-corrected chi connectivity index (χ3v) is 3.26. The van der Waals surface area contributed by atoms with E-state index in [0.29, 0.717) is 18.9 Å². The van der Waals surface area contributed by atoms with Crippen LogP contribution in [0.3, 0.4) is 0 Å². The van der Waals surface area contributed by atoms with E-state index in [1.807, 2.05) is 0 Å². The second kappa shape index (κ2) is 9.32. The van der Waals surface area contributed by atoms with Crippen molar-refractivity contribution in [1.29, 1.82) is 0 Å². The number of ether oxygens (including phenoxy) is 2. The van der Waals surface area contributed by atoms with Gasteiger partial charge in [0.2, 0.25) is 0 Å². The Kier molecular flexibility index (Phi) is 8.07. The largest absolute Gasteiger partial charge is 0.463 e. The topological polar surface area (TPSA) is 38.8 Å². The molecule has 1 unspecified atom stereocenters. The molecular formula is C15H29NO3. The van der Waals surface area contributed by atoms with E-state index in [1.165, 1.54) is 0 Å². The summed E-state index contributed by atoms with van der Waals surface area (Å²) in [5, 5.41) is 0. The van der Waals surface area contributed by atoms with Gasteiger partial charge in [-0.25, -0.2) is 0 Å². The number of rotatable bonds is 8. The number of esters is 1. The summed E-state index contributed by atoms with van der Waals surface area (Å²) in [6.45, 7) is 10.7. The second-order valence-electron chi connectivity index (χ2n) is 5.79. The molecular weight excluding hydrogens is 242 g/mol. The highest BCUT2D eigenvalue weighted by atomic mass is 16.6. The van der Waals surface area contributed by atoms with Crippen molar-refractivity contribution in [3.05, 3.63) is 0 Å². The Labute approximate surface area is 117 Å². The minimum Gasteiger partial charge on any atom is -0.463 e. The first-order valence-electron chi connectivity index (χ1n) is 7.61. The lowest BCUT2D eigenvalue weighted by molar-refractivity contribution is -0.150. The number of morpholine rings is 1. The number of carbonyl (C=O) groups excluding carboxylic acids is 1. The molecule has 0 aromatic carbocycles. The average molecular weight is 271 g/mol. The van der Waals surface area contributed by atoms with Gasteiger partial charge < -0.3 is 9.47 Å². The molecule has 112 valence electrons. The molecule has 0 aromatic heterocycles. The predicted octanol–water partition coefficient (Wildman–Crippen LogP) is 2.47. The fourth-order valence-corrected chi connectivity index (χ4v) is 2.34. The van der Waals surface area contributed by atoms with E-state index in [-0.39, 0.29) is 12.1 Å². The lowest BCUT2D eigenvalue weighted by atomic mass is 10.2. The van der Waals surface area contributed by atoms with Gasteiger partial charge in [0.25, 0.3) is 0 Å². The summed E-state index contributed by atoms with van der Waals surface area (Å²) in [7, 11) is 0. The number of hydrogen-bond donors (Lipinski definition) is 0. The SMILES string of the molecule is CCCCCC(=O)OCC1CN(CC(C)C)CCO1. The van der Waals surface area contributed by atoms with Crippen molar-refractivity contribution >= 4 is 5.97 Å². The van der Waals surface area contributed by atoms with Gasteiger partial charge in [0.15, 0.2) is 0 Å². The molecule has 1 fully saturated rings. The van der Waals surface area contributed by atoms with Crippen molar-refractivity contribution in [1.82, 2.24) is 4.90 Å². The van der Waals surface area contributed by atoms with Crippen molar-refractivity contribution in [2.24, 2.45) is 5.92 Å². The van der Waals surface area contributed by atoms with E-state index >= 15 is 0 Å². The van der Waals surface area contributed by atoms with E-state index in [9.17, 15) is 4.79 Å². The third kappa shape index (κ3) is 7.53. The van der Waals surface area contributed by atoms with Crippen molar-refractivity contribution in [2.75, 3.05) is 32.8 Å². The summed E-state index contributed by atoms with van der Waals surface area (Å²) < 4.78 is 10.9. The Morgan fingerprint density at radius 1 is 1.42 bits per heavy atom. The maximum atomic E-state index is 11.5. The van der Waals surface area contributed by atoms with Crippen LogP contribution in [-0.4, -0.2) is 49.8 Å². The summed E-state index contributed by atoms with van der Waals surface area (Å²) in [5.41, 5.74) is 0. The molecule has 19 heavy (non-hydrogen) atoms. The Balaban J connectivity index is 2.16. The smallest absolute Gasteiger partial charge is 0.305 e. The molecule has 0 N–H and O–H groups in total. The van der Waals surface area contributed by atoms with Crippen LogP contribution in [0.4, 0.5) is 0 Å². The number of carbonyl (C=O) groups is 1. The highest BCUT2D eigenvalue weighted by molar-refractivity contribution is 5.69. The summed E-state index contributed by atoms with van der Waals surface area (Å²) in [6, 6.07) is 0. The van der Waals surface area contributed by atoms with Gasteiger partial charge in [-0.15, -0.1) is 0 Å². The van der Waals surface area contributed by atoms with Gasteiger partial charge in [0.1, 0.15) is 12.7 Å². The maximum Gasteiger partial charge on any atom is 0.305 e. The van der Waals surface area contributed by atoms with Crippen LogP contribution in [0.2, 0.25) is 0 Å². The molecule has 4 heteroatoms. The molecule has 1 aliphatic rings. The predicted molar refractivity (Wildman–Crippen MR) is 76.1 cm³/mol. The van der Waals surface area contributed by atoms with Crippen molar-refractivity contribution in [3.63, 3.8) is 0 Å². The Hall–Kier alpha value is -0.610. The lowest BCUT2D eigenvalue weighted by Crippen LogP contribution is -2.45. The van der Waals surface area contributed by atoms with Gasteiger partial charge in [-0.05, 0) is 12.3 Å². The van der Waals surface area contributed by atoms with Crippen LogP contribution in [0, 0.1) is 5.92 Å². The normalized spacial score (nSPS) is 20.7. The van der Waals surface area contributed by atoms with Crippen LogP contribution in [-0.2, 0) is 14.3 Å². The first kappa shape index (κ1) is 16.4. The number of hydrogen-bond acceptors (Lipinski definition) is 4. The van der Waals surface area contributed by atoms with Gasteiger partial charge in [-0.2, -0.15) is 0 Å². The Morgan fingerprint density at radius 2 is 2.21 bits per heavy atom. The molecule has 4 nitrogen and oxygen atoms in total.